The predicted molar refractivity (Wildman–Crippen MR) is 35.5 cm³/mol. The van der Waals surface area contributed by atoms with Gasteiger partial charge in [-0.1, -0.05) is 6.92 Å². The summed E-state index contributed by atoms with van der Waals surface area (Å²) in [5, 5.41) is 0. The van der Waals surface area contributed by atoms with E-state index in [1.54, 1.807) is 0 Å². The van der Waals surface area contributed by atoms with Crippen LogP contribution in [0.5, 0.6) is 0 Å². The second kappa shape index (κ2) is 7.95. The number of hydrogen-bond donors (Lipinski definition) is 0. The predicted octanol–water partition coefficient (Wildman–Crippen LogP) is 0.0433. The molecular formula is C5H12O2Sr. The van der Waals surface area contributed by atoms with E-state index in [1.165, 1.54) is 7.11 Å². The monoisotopic (exact) mass is 192 g/mol. The summed E-state index contributed by atoms with van der Waals surface area (Å²) in [6, 6.07) is 0. The van der Waals surface area contributed by atoms with Crippen LogP contribution in [0.1, 0.15) is 19.8 Å². The molecule has 0 aliphatic carbocycles. The molecule has 8 heavy (non-hydrogen) atoms. The molecule has 46 valence electrons. The number of methoxy groups -OCH3 is 1. The molecule has 0 amide bonds. The molecule has 0 aromatic carbocycles. The Morgan fingerprint density at radius 2 is 2.12 bits per heavy atom. The first-order valence-corrected chi connectivity index (χ1v) is 2.38. The summed E-state index contributed by atoms with van der Waals surface area (Å²) in [5.41, 5.74) is 0. The molecule has 3 heteroatoms. The van der Waals surface area contributed by atoms with Crippen molar-refractivity contribution in [3.63, 3.8) is 0 Å². The molecule has 0 heterocycles. The van der Waals surface area contributed by atoms with Gasteiger partial charge in [0, 0.05) is 6.42 Å². The van der Waals surface area contributed by atoms with Crippen LogP contribution in [0.2, 0.25) is 0 Å². The van der Waals surface area contributed by atoms with Crippen LogP contribution in [-0.2, 0) is 9.53 Å². The van der Waals surface area contributed by atoms with Crippen molar-refractivity contribution >= 4 is 51.5 Å². The van der Waals surface area contributed by atoms with E-state index in [1.807, 2.05) is 6.92 Å². The van der Waals surface area contributed by atoms with Crippen molar-refractivity contribution in [2.24, 2.45) is 0 Å². The molecule has 0 bridgehead atoms. The number of rotatable bonds is 2. The quantitative estimate of drug-likeness (QED) is 0.456. The van der Waals surface area contributed by atoms with Crippen LogP contribution in [0.25, 0.3) is 0 Å². The molecule has 0 fully saturated rings. The van der Waals surface area contributed by atoms with Crippen molar-refractivity contribution in [3.05, 3.63) is 0 Å². The SMILES string of the molecule is CCCC(=O)OC.[SrH2]. The third-order valence-corrected chi connectivity index (χ3v) is 0.682. The molecule has 0 saturated carbocycles. The summed E-state index contributed by atoms with van der Waals surface area (Å²) in [4.78, 5) is 10.2. The van der Waals surface area contributed by atoms with Gasteiger partial charge in [0.1, 0.15) is 0 Å². The van der Waals surface area contributed by atoms with Crippen molar-refractivity contribution < 1.29 is 9.53 Å². The van der Waals surface area contributed by atoms with E-state index in [4.69, 9.17) is 0 Å². The molecule has 0 rings (SSSR count). The second-order valence-electron chi connectivity index (χ2n) is 1.33. The fourth-order valence-electron chi connectivity index (χ4n) is 0.306. The Labute approximate surface area is 86.9 Å². The number of esters is 1. The Hall–Kier alpha value is 0.951. The van der Waals surface area contributed by atoms with Gasteiger partial charge in [0.25, 0.3) is 0 Å². The molecule has 0 unspecified atom stereocenters. The molecule has 0 aromatic heterocycles. The second-order valence-corrected chi connectivity index (χ2v) is 1.33. The average molecular weight is 192 g/mol. The molecule has 0 aliphatic rings. The summed E-state index contributed by atoms with van der Waals surface area (Å²) in [7, 11) is 1.40. The fourth-order valence-corrected chi connectivity index (χ4v) is 0.306. The summed E-state index contributed by atoms with van der Waals surface area (Å²) in [6.45, 7) is 1.94. The van der Waals surface area contributed by atoms with Gasteiger partial charge in [0.15, 0.2) is 0 Å². The Morgan fingerprint density at radius 1 is 1.62 bits per heavy atom. The summed E-state index contributed by atoms with van der Waals surface area (Å²) >= 11 is 0. The number of hydrogen-bond acceptors (Lipinski definition) is 2. The van der Waals surface area contributed by atoms with E-state index >= 15 is 0 Å². The Balaban J connectivity index is 0. The van der Waals surface area contributed by atoms with Gasteiger partial charge in [-0.15, -0.1) is 0 Å². The first kappa shape index (κ1) is 11.7. The standard InChI is InChI=1S/C5H10O2.Sr.2H/c1-3-4-5(6)7-2;;;/h3-4H2,1-2H3;;;. The van der Waals surface area contributed by atoms with E-state index in [2.05, 4.69) is 4.74 Å². The van der Waals surface area contributed by atoms with Crippen LogP contribution < -0.4 is 0 Å². The maximum absolute atomic E-state index is 10.2. The van der Waals surface area contributed by atoms with Crippen LogP contribution in [0.4, 0.5) is 0 Å². The minimum atomic E-state index is -0.123. The van der Waals surface area contributed by atoms with Crippen molar-refractivity contribution in [1.82, 2.24) is 0 Å². The van der Waals surface area contributed by atoms with Gasteiger partial charge in [-0.3, -0.25) is 4.79 Å². The molecule has 0 aliphatic heterocycles. The van der Waals surface area contributed by atoms with Crippen LogP contribution in [0.3, 0.4) is 0 Å². The van der Waals surface area contributed by atoms with Crippen molar-refractivity contribution in [2.45, 2.75) is 19.8 Å². The third-order valence-electron chi connectivity index (χ3n) is 0.682. The summed E-state index contributed by atoms with van der Waals surface area (Å²) < 4.78 is 4.35. The van der Waals surface area contributed by atoms with E-state index < -0.39 is 0 Å². The van der Waals surface area contributed by atoms with Gasteiger partial charge in [0.2, 0.25) is 0 Å². The zero-order valence-electron chi connectivity index (χ0n) is 4.73. The molecule has 2 nitrogen and oxygen atoms in total. The fraction of sp³-hybridized carbons (Fsp3) is 0.800. The average Bonchev–Trinajstić information content (AvgIpc) is 1.68. The maximum atomic E-state index is 10.2. The van der Waals surface area contributed by atoms with Crippen LogP contribution in [0.15, 0.2) is 0 Å². The van der Waals surface area contributed by atoms with Gasteiger partial charge in [0.05, 0.1) is 7.11 Å². The first-order chi connectivity index (χ1) is 3.31. The van der Waals surface area contributed by atoms with E-state index in [0.29, 0.717) is 6.42 Å². The Morgan fingerprint density at radius 3 is 2.25 bits per heavy atom. The van der Waals surface area contributed by atoms with Crippen LogP contribution in [0, 0.1) is 0 Å². The van der Waals surface area contributed by atoms with Crippen LogP contribution in [-0.4, -0.2) is 58.6 Å². The molecule has 0 radical (unpaired) electrons. The zero-order valence-corrected chi connectivity index (χ0v) is 4.73. The van der Waals surface area contributed by atoms with Crippen molar-refractivity contribution in [3.8, 4) is 0 Å². The van der Waals surface area contributed by atoms with Gasteiger partial charge in [-0.2, -0.15) is 0 Å². The zero-order chi connectivity index (χ0) is 5.70. The normalized spacial score (nSPS) is 7.25. The first-order valence-electron chi connectivity index (χ1n) is 2.38. The van der Waals surface area contributed by atoms with Crippen molar-refractivity contribution in [2.75, 3.05) is 7.11 Å². The van der Waals surface area contributed by atoms with Crippen LogP contribution >= 0.6 is 0 Å². The summed E-state index contributed by atoms with van der Waals surface area (Å²) in [6.07, 6.45) is 1.41. The molecule has 0 atom stereocenters. The molecule has 0 spiro atoms. The molecule has 0 aromatic rings. The van der Waals surface area contributed by atoms with Gasteiger partial charge in [-0.25, -0.2) is 0 Å². The number of ether oxygens (including phenoxy) is 1. The Kier molecular flexibility index (Phi) is 11.6. The topological polar surface area (TPSA) is 26.3 Å². The number of carbonyl (C=O) groups is 1. The van der Waals surface area contributed by atoms with E-state index in [9.17, 15) is 4.79 Å². The number of carbonyl (C=O) groups excluding carboxylic acids is 1. The van der Waals surface area contributed by atoms with Crippen molar-refractivity contribution in [1.29, 1.82) is 0 Å². The molecule has 0 N–H and O–H groups in total. The Bertz CT molecular complexity index is 63.4. The van der Waals surface area contributed by atoms with Gasteiger partial charge >= 0.3 is 51.5 Å². The summed E-state index contributed by atoms with van der Waals surface area (Å²) in [5.74, 6) is -0.123. The molecular weight excluding hydrogens is 180 g/mol. The molecule has 0 saturated heterocycles. The third kappa shape index (κ3) is 6.95. The van der Waals surface area contributed by atoms with E-state index in [0.717, 1.165) is 6.42 Å². The van der Waals surface area contributed by atoms with Gasteiger partial charge in [-0.05, 0) is 6.42 Å². The van der Waals surface area contributed by atoms with E-state index in [-0.39, 0.29) is 51.5 Å². The van der Waals surface area contributed by atoms with Gasteiger partial charge < -0.3 is 4.74 Å². The minimum absolute atomic E-state index is 0.